The molecule has 0 fully saturated rings. The molecule has 0 saturated heterocycles. The summed E-state index contributed by atoms with van der Waals surface area (Å²) in [6, 6.07) is 11.4. The van der Waals surface area contributed by atoms with Gasteiger partial charge >= 0.3 is 0 Å². The number of hydrogen-bond acceptors (Lipinski definition) is 2. The largest absolute Gasteiger partial charge is 0.313 e. The number of benzene rings is 1. The van der Waals surface area contributed by atoms with Gasteiger partial charge in [0, 0.05) is 16.7 Å². The van der Waals surface area contributed by atoms with Crippen LogP contribution in [-0.4, -0.2) is 18.3 Å². The third kappa shape index (κ3) is 7.07. The average molecular weight is 265 g/mol. The predicted molar refractivity (Wildman–Crippen MR) is 83.3 cm³/mol. The Hall–Kier alpha value is -0.470. The van der Waals surface area contributed by atoms with Crippen molar-refractivity contribution >= 4 is 11.8 Å². The molecule has 0 heterocycles. The van der Waals surface area contributed by atoms with Crippen LogP contribution in [0.1, 0.15) is 40.0 Å². The van der Waals surface area contributed by atoms with Crippen LogP contribution in [0.25, 0.3) is 0 Å². The highest BCUT2D eigenvalue weighted by Crippen LogP contribution is 2.20. The van der Waals surface area contributed by atoms with Crippen LogP contribution in [0, 0.1) is 5.92 Å². The highest BCUT2D eigenvalue weighted by molar-refractivity contribution is 7.99. The first-order chi connectivity index (χ1) is 8.72. The molecule has 0 radical (unpaired) electrons. The minimum Gasteiger partial charge on any atom is -0.313 e. The zero-order chi connectivity index (χ0) is 13.2. The number of hydrogen-bond donors (Lipinski definition) is 1. The molecular formula is C16H27NS. The Morgan fingerprint density at radius 3 is 2.44 bits per heavy atom. The van der Waals surface area contributed by atoms with Gasteiger partial charge in [0.2, 0.25) is 0 Å². The second-order valence-corrected chi connectivity index (χ2v) is 6.34. The molecule has 102 valence electrons. The molecule has 0 amide bonds. The molecule has 0 bridgehead atoms. The molecule has 0 saturated carbocycles. The lowest BCUT2D eigenvalue weighted by Crippen LogP contribution is -2.32. The van der Waals surface area contributed by atoms with Crippen molar-refractivity contribution in [3.63, 3.8) is 0 Å². The molecule has 2 heteroatoms. The van der Waals surface area contributed by atoms with E-state index in [-0.39, 0.29) is 0 Å². The molecule has 1 aromatic carbocycles. The van der Waals surface area contributed by atoms with Gasteiger partial charge in [-0.05, 0) is 43.9 Å². The molecular weight excluding hydrogens is 238 g/mol. The van der Waals surface area contributed by atoms with Crippen LogP contribution in [0.3, 0.4) is 0 Å². The van der Waals surface area contributed by atoms with Gasteiger partial charge in [-0.15, -0.1) is 11.8 Å². The maximum Gasteiger partial charge on any atom is 0.0161 e. The van der Waals surface area contributed by atoms with E-state index in [0.717, 1.165) is 12.5 Å². The second-order valence-electron chi connectivity index (χ2n) is 5.25. The van der Waals surface area contributed by atoms with Gasteiger partial charge in [-0.3, -0.25) is 0 Å². The van der Waals surface area contributed by atoms with Crippen LogP contribution in [-0.2, 0) is 0 Å². The first kappa shape index (κ1) is 15.6. The summed E-state index contributed by atoms with van der Waals surface area (Å²) >= 11 is 1.97. The highest BCUT2D eigenvalue weighted by Gasteiger charge is 2.09. The van der Waals surface area contributed by atoms with Gasteiger partial charge in [0.1, 0.15) is 0 Å². The van der Waals surface area contributed by atoms with Gasteiger partial charge in [0.05, 0.1) is 0 Å². The van der Waals surface area contributed by atoms with Crippen LogP contribution < -0.4 is 5.32 Å². The smallest absolute Gasteiger partial charge is 0.0161 e. The summed E-state index contributed by atoms with van der Waals surface area (Å²) in [4.78, 5) is 1.38. The third-order valence-electron chi connectivity index (χ3n) is 2.97. The monoisotopic (exact) mass is 265 g/mol. The molecule has 0 aromatic heterocycles. The Morgan fingerprint density at radius 2 is 1.83 bits per heavy atom. The molecule has 0 spiro atoms. The number of nitrogens with one attached hydrogen (secondary N) is 1. The van der Waals surface area contributed by atoms with Crippen molar-refractivity contribution in [1.29, 1.82) is 0 Å². The molecule has 1 unspecified atom stereocenters. The molecule has 0 aliphatic heterocycles. The molecule has 0 aliphatic carbocycles. The van der Waals surface area contributed by atoms with Crippen molar-refractivity contribution in [1.82, 2.24) is 5.32 Å². The van der Waals surface area contributed by atoms with E-state index >= 15 is 0 Å². The van der Waals surface area contributed by atoms with Crippen molar-refractivity contribution in [3.05, 3.63) is 30.3 Å². The highest BCUT2D eigenvalue weighted by atomic mass is 32.2. The Labute approximate surface area is 117 Å². The summed E-state index contributed by atoms with van der Waals surface area (Å²) < 4.78 is 0. The van der Waals surface area contributed by atoms with E-state index in [4.69, 9.17) is 0 Å². The lowest BCUT2D eigenvalue weighted by atomic mass is 10.0. The fourth-order valence-electron chi connectivity index (χ4n) is 1.84. The lowest BCUT2D eigenvalue weighted by molar-refractivity contribution is 0.456. The summed E-state index contributed by atoms with van der Waals surface area (Å²) in [7, 11) is 0. The standard InChI is InChI=1S/C16H27NS/c1-4-12-17-15(11-10-14(2)3)13-18-16-8-6-5-7-9-16/h5-9,14-15,17H,4,10-13H2,1-3H3. The van der Waals surface area contributed by atoms with Crippen LogP contribution in [0.15, 0.2) is 35.2 Å². The summed E-state index contributed by atoms with van der Waals surface area (Å²) in [6.45, 7) is 7.98. The minimum atomic E-state index is 0.651. The van der Waals surface area contributed by atoms with Gasteiger partial charge < -0.3 is 5.32 Å². The van der Waals surface area contributed by atoms with Crippen molar-refractivity contribution in [3.8, 4) is 0 Å². The molecule has 0 aliphatic rings. The Kier molecular flexibility index (Phi) is 8.19. The maximum absolute atomic E-state index is 3.67. The van der Waals surface area contributed by atoms with E-state index in [2.05, 4.69) is 56.4 Å². The summed E-state index contributed by atoms with van der Waals surface area (Å²) in [5, 5.41) is 3.67. The van der Waals surface area contributed by atoms with Crippen molar-refractivity contribution in [2.75, 3.05) is 12.3 Å². The topological polar surface area (TPSA) is 12.0 Å². The fraction of sp³-hybridized carbons (Fsp3) is 0.625. The predicted octanol–water partition coefficient (Wildman–Crippen LogP) is 4.58. The zero-order valence-corrected chi connectivity index (χ0v) is 12.8. The maximum atomic E-state index is 3.67. The second kappa shape index (κ2) is 9.46. The van der Waals surface area contributed by atoms with Gasteiger partial charge in [0.15, 0.2) is 0 Å². The SMILES string of the molecule is CCCNC(CCC(C)C)CSc1ccccc1. The Morgan fingerprint density at radius 1 is 1.11 bits per heavy atom. The van der Waals surface area contributed by atoms with Gasteiger partial charge in [-0.25, -0.2) is 0 Å². The first-order valence-corrected chi connectivity index (χ1v) is 8.12. The van der Waals surface area contributed by atoms with E-state index in [0.29, 0.717) is 6.04 Å². The van der Waals surface area contributed by atoms with E-state index in [1.807, 2.05) is 11.8 Å². The molecule has 1 aromatic rings. The Bertz CT molecular complexity index is 297. The lowest BCUT2D eigenvalue weighted by Gasteiger charge is -2.19. The number of thioether (sulfide) groups is 1. The van der Waals surface area contributed by atoms with Gasteiger partial charge in [-0.2, -0.15) is 0 Å². The van der Waals surface area contributed by atoms with Gasteiger partial charge in [0.25, 0.3) is 0 Å². The summed E-state index contributed by atoms with van der Waals surface area (Å²) in [5.41, 5.74) is 0. The Balaban J connectivity index is 2.35. The molecule has 1 atom stereocenters. The quantitative estimate of drug-likeness (QED) is 0.656. The molecule has 1 nitrogen and oxygen atoms in total. The zero-order valence-electron chi connectivity index (χ0n) is 12.0. The van der Waals surface area contributed by atoms with Crippen molar-refractivity contribution in [2.45, 2.75) is 51.0 Å². The van der Waals surface area contributed by atoms with Crippen LogP contribution >= 0.6 is 11.8 Å². The van der Waals surface area contributed by atoms with E-state index < -0.39 is 0 Å². The van der Waals surface area contributed by atoms with E-state index in [1.165, 1.54) is 29.9 Å². The summed E-state index contributed by atoms with van der Waals surface area (Å²) in [5.74, 6) is 1.98. The first-order valence-electron chi connectivity index (χ1n) is 7.13. The van der Waals surface area contributed by atoms with Crippen molar-refractivity contribution in [2.24, 2.45) is 5.92 Å². The normalized spacial score (nSPS) is 12.9. The minimum absolute atomic E-state index is 0.651. The van der Waals surface area contributed by atoms with Crippen LogP contribution in [0.2, 0.25) is 0 Å². The number of rotatable bonds is 9. The summed E-state index contributed by atoms with van der Waals surface area (Å²) in [6.07, 6.45) is 3.82. The van der Waals surface area contributed by atoms with Gasteiger partial charge in [-0.1, -0.05) is 39.0 Å². The van der Waals surface area contributed by atoms with E-state index in [9.17, 15) is 0 Å². The third-order valence-corrected chi connectivity index (χ3v) is 4.14. The van der Waals surface area contributed by atoms with Crippen LogP contribution in [0.5, 0.6) is 0 Å². The van der Waals surface area contributed by atoms with Crippen molar-refractivity contribution < 1.29 is 0 Å². The molecule has 1 rings (SSSR count). The average Bonchev–Trinajstić information content (AvgIpc) is 2.39. The molecule has 1 N–H and O–H groups in total. The van der Waals surface area contributed by atoms with E-state index in [1.54, 1.807) is 0 Å². The fourth-order valence-corrected chi connectivity index (χ4v) is 2.87. The van der Waals surface area contributed by atoms with Crippen LogP contribution in [0.4, 0.5) is 0 Å². The molecule has 18 heavy (non-hydrogen) atoms.